The third kappa shape index (κ3) is 8.65. The van der Waals surface area contributed by atoms with Gasteiger partial charge in [-0.25, -0.2) is 4.79 Å². The van der Waals surface area contributed by atoms with Crippen molar-refractivity contribution >= 4 is 6.09 Å². The molecule has 228 valence electrons. The van der Waals surface area contributed by atoms with E-state index in [1.165, 1.54) is 11.6 Å². The molecule has 4 aromatic rings. The number of ether oxygens (including phenoxy) is 3. The van der Waals surface area contributed by atoms with Crippen LogP contribution in [0.2, 0.25) is 0 Å². The van der Waals surface area contributed by atoms with Crippen LogP contribution in [0.1, 0.15) is 46.6 Å². The monoisotopic (exact) mass is 592 g/mol. The maximum Gasteiger partial charge on any atom is 0.407 e. The van der Waals surface area contributed by atoms with Gasteiger partial charge in [0.2, 0.25) is 0 Å². The Morgan fingerprint density at radius 2 is 1.64 bits per heavy atom. The molecular weight excluding hydrogens is 552 g/mol. The van der Waals surface area contributed by atoms with Gasteiger partial charge in [0.25, 0.3) is 0 Å². The number of likely N-dealkylation sites (N-methyl/N-ethyl adjacent to an activating group) is 1. The minimum Gasteiger partial charge on any atom is -0.445 e. The molecule has 0 spiro atoms. The predicted octanol–water partition coefficient (Wildman–Crippen LogP) is 6.94. The van der Waals surface area contributed by atoms with Crippen LogP contribution in [-0.4, -0.2) is 42.4 Å². The molecule has 44 heavy (non-hydrogen) atoms. The fourth-order valence-corrected chi connectivity index (χ4v) is 5.43. The van der Waals surface area contributed by atoms with Gasteiger partial charge in [-0.2, -0.15) is 0 Å². The van der Waals surface area contributed by atoms with E-state index in [1.807, 2.05) is 60.7 Å². The van der Waals surface area contributed by atoms with Crippen molar-refractivity contribution in [2.45, 2.75) is 44.6 Å². The fourth-order valence-electron chi connectivity index (χ4n) is 5.43. The summed E-state index contributed by atoms with van der Waals surface area (Å²) in [5.41, 5.74) is 7.14. The van der Waals surface area contributed by atoms with Crippen LogP contribution in [0, 0.1) is 0 Å². The summed E-state index contributed by atoms with van der Waals surface area (Å²) in [7, 11) is 2.12. The second kappa shape index (κ2) is 15.5. The van der Waals surface area contributed by atoms with Crippen molar-refractivity contribution in [2.75, 3.05) is 20.2 Å². The quantitative estimate of drug-likeness (QED) is 0.174. The molecule has 0 aliphatic carbocycles. The Bertz CT molecular complexity index is 1510. The summed E-state index contributed by atoms with van der Waals surface area (Å²) >= 11 is 0. The lowest BCUT2D eigenvalue weighted by atomic mass is 9.98. The second-order valence-corrected chi connectivity index (χ2v) is 11.1. The maximum absolute atomic E-state index is 11.9. The van der Waals surface area contributed by atoms with Crippen molar-refractivity contribution < 1.29 is 24.1 Å². The number of hydrogen-bond acceptors (Lipinski definition) is 6. The first-order chi connectivity index (χ1) is 21.5. The summed E-state index contributed by atoms with van der Waals surface area (Å²) in [5, 5.41) is 12.3. The summed E-state index contributed by atoms with van der Waals surface area (Å²) < 4.78 is 18.2. The van der Waals surface area contributed by atoms with Crippen LogP contribution in [0.4, 0.5) is 4.79 Å². The van der Waals surface area contributed by atoms with E-state index >= 15 is 0 Å². The Labute approximate surface area is 259 Å². The molecule has 0 radical (unpaired) electrons. The van der Waals surface area contributed by atoms with Crippen LogP contribution in [0.5, 0.6) is 0 Å². The molecule has 2 N–H and O–H groups in total. The zero-order valence-electron chi connectivity index (χ0n) is 25.1. The number of alkyl carbamates (subject to hydrolysis) is 1. The van der Waals surface area contributed by atoms with Gasteiger partial charge < -0.3 is 24.6 Å². The fraction of sp³-hybridized carbons (Fsp3) is 0.270. The molecule has 1 aliphatic rings. The van der Waals surface area contributed by atoms with Gasteiger partial charge in [-0.15, -0.1) is 0 Å². The molecular formula is C37H40N2O5. The van der Waals surface area contributed by atoms with Gasteiger partial charge in [-0.1, -0.05) is 104 Å². The van der Waals surface area contributed by atoms with Crippen LogP contribution in [0.15, 0.2) is 116 Å². The lowest BCUT2D eigenvalue weighted by Gasteiger charge is -2.38. The van der Waals surface area contributed by atoms with Crippen molar-refractivity contribution in [3.8, 4) is 11.1 Å². The molecule has 1 amide bonds. The zero-order valence-corrected chi connectivity index (χ0v) is 25.1. The SMILES string of the molecule is C=CCOC(=O)NCc1cccc(-c2cccc([C@H]3O[C@@H](CN(C)Cc4ccccc4)C[C@@H](c4ccc(CO)cc4)O3)c2)c1. The number of carbonyl (C=O) groups is 1. The number of benzene rings is 4. The largest absolute Gasteiger partial charge is 0.445 e. The number of amides is 1. The van der Waals surface area contributed by atoms with Crippen LogP contribution < -0.4 is 5.32 Å². The zero-order chi connectivity index (χ0) is 30.7. The normalized spacial score (nSPS) is 18.1. The van der Waals surface area contributed by atoms with Crippen LogP contribution in [-0.2, 0) is 33.9 Å². The highest BCUT2D eigenvalue weighted by atomic mass is 16.7. The van der Waals surface area contributed by atoms with Gasteiger partial charge in [0, 0.05) is 31.6 Å². The van der Waals surface area contributed by atoms with Gasteiger partial charge in [0.15, 0.2) is 6.29 Å². The Morgan fingerprint density at radius 1 is 0.909 bits per heavy atom. The Hall–Kier alpha value is -4.27. The van der Waals surface area contributed by atoms with Gasteiger partial charge in [-0.05, 0) is 52.6 Å². The summed E-state index contributed by atoms with van der Waals surface area (Å²) in [4.78, 5) is 14.2. The number of carbonyl (C=O) groups excluding carboxylic acids is 1. The topological polar surface area (TPSA) is 80.3 Å². The van der Waals surface area contributed by atoms with Gasteiger partial charge in [0.1, 0.15) is 6.61 Å². The Morgan fingerprint density at radius 3 is 2.39 bits per heavy atom. The van der Waals surface area contributed by atoms with E-state index in [0.29, 0.717) is 6.54 Å². The molecule has 1 saturated heterocycles. The molecule has 1 aliphatic heterocycles. The highest BCUT2D eigenvalue weighted by Crippen LogP contribution is 2.39. The molecule has 1 heterocycles. The van der Waals surface area contributed by atoms with E-state index in [4.69, 9.17) is 14.2 Å². The summed E-state index contributed by atoms with van der Waals surface area (Å²) in [5.74, 6) is 0. The van der Waals surface area contributed by atoms with E-state index in [0.717, 1.165) is 52.9 Å². The minimum atomic E-state index is -0.550. The minimum absolute atomic E-state index is 0.00783. The first kappa shape index (κ1) is 31.2. The van der Waals surface area contributed by atoms with E-state index < -0.39 is 12.4 Å². The second-order valence-electron chi connectivity index (χ2n) is 11.1. The highest BCUT2D eigenvalue weighted by molar-refractivity contribution is 5.68. The number of aliphatic hydroxyl groups is 1. The van der Waals surface area contributed by atoms with Crippen LogP contribution in [0.3, 0.4) is 0 Å². The predicted molar refractivity (Wildman–Crippen MR) is 171 cm³/mol. The lowest BCUT2D eigenvalue weighted by molar-refractivity contribution is -0.252. The maximum atomic E-state index is 11.9. The van der Waals surface area contributed by atoms with E-state index in [9.17, 15) is 9.90 Å². The summed E-state index contributed by atoms with van der Waals surface area (Å²) in [6.07, 6.45) is 1.02. The molecule has 1 fully saturated rings. The van der Waals surface area contributed by atoms with E-state index in [2.05, 4.69) is 66.3 Å². The molecule has 0 unspecified atom stereocenters. The first-order valence-corrected chi connectivity index (χ1v) is 14.9. The number of rotatable bonds is 12. The van der Waals surface area contributed by atoms with E-state index in [1.54, 1.807) is 0 Å². The van der Waals surface area contributed by atoms with Crippen molar-refractivity contribution in [1.82, 2.24) is 10.2 Å². The third-order valence-corrected chi connectivity index (χ3v) is 7.61. The summed E-state index contributed by atoms with van der Waals surface area (Å²) in [6.45, 7) is 5.68. The molecule has 7 heteroatoms. The number of aliphatic hydroxyl groups excluding tert-OH is 1. The van der Waals surface area contributed by atoms with Crippen molar-refractivity contribution in [3.05, 3.63) is 144 Å². The first-order valence-electron chi connectivity index (χ1n) is 14.9. The third-order valence-electron chi connectivity index (χ3n) is 7.61. The van der Waals surface area contributed by atoms with Crippen LogP contribution in [0.25, 0.3) is 11.1 Å². The average molecular weight is 593 g/mol. The standard InChI is InChI=1S/C37H40N2O5/c1-3-19-42-37(41)38-23-29-11-7-12-31(20-29)32-13-8-14-33(21-32)36-43-34(25-39(2)24-27-9-5-4-6-10-27)22-35(44-36)30-17-15-28(26-40)16-18-30/h3-18,20-21,34-36,40H,1,19,22-26H2,2H3,(H,38,41)/t34-,35+,36+/m1/s1. The van der Waals surface area contributed by atoms with Crippen molar-refractivity contribution in [2.24, 2.45) is 0 Å². The Balaban J connectivity index is 1.34. The molecule has 0 bridgehead atoms. The van der Waals surface area contributed by atoms with Crippen LogP contribution >= 0.6 is 0 Å². The van der Waals surface area contributed by atoms with Gasteiger partial charge >= 0.3 is 6.09 Å². The summed E-state index contributed by atoms with van der Waals surface area (Å²) in [6, 6.07) is 34.7. The molecule has 7 nitrogen and oxygen atoms in total. The average Bonchev–Trinajstić information content (AvgIpc) is 3.07. The Kier molecular flexibility index (Phi) is 10.9. The van der Waals surface area contributed by atoms with Crippen molar-refractivity contribution in [3.63, 3.8) is 0 Å². The molecule has 0 saturated carbocycles. The molecule has 0 aromatic heterocycles. The number of nitrogens with zero attached hydrogens (tertiary/aromatic N) is 1. The molecule has 4 aromatic carbocycles. The van der Waals surface area contributed by atoms with Gasteiger partial charge in [0.05, 0.1) is 18.8 Å². The molecule has 3 atom stereocenters. The smallest absolute Gasteiger partial charge is 0.407 e. The molecule has 5 rings (SSSR count). The highest BCUT2D eigenvalue weighted by Gasteiger charge is 2.33. The lowest BCUT2D eigenvalue weighted by Crippen LogP contribution is -2.37. The number of nitrogens with one attached hydrogen (secondary N) is 1. The number of hydrogen-bond donors (Lipinski definition) is 2. The van der Waals surface area contributed by atoms with E-state index in [-0.39, 0.29) is 25.4 Å². The van der Waals surface area contributed by atoms with Gasteiger partial charge in [-0.3, -0.25) is 4.90 Å². The van der Waals surface area contributed by atoms with Crippen molar-refractivity contribution in [1.29, 1.82) is 0 Å².